The molecule has 0 N–H and O–H groups in total. The molecule has 13 heavy (non-hydrogen) atoms. The molecule has 0 aromatic heterocycles. The first-order valence-electron chi connectivity index (χ1n) is 5.08. The van der Waals surface area contributed by atoms with Gasteiger partial charge in [-0.15, -0.1) is 5.11 Å². The van der Waals surface area contributed by atoms with E-state index in [2.05, 4.69) is 10.3 Å². The fourth-order valence-corrected chi connectivity index (χ4v) is 1.35. The SMILES string of the molecule is [2H]c1cccc(N=NN2CCCC2)c1. The van der Waals surface area contributed by atoms with Crippen LogP contribution < -0.4 is 0 Å². The molecule has 0 bridgehead atoms. The first-order chi connectivity index (χ1) is 6.84. The van der Waals surface area contributed by atoms with E-state index in [-0.39, 0.29) is 0 Å². The van der Waals surface area contributed by atoms with Crippen molar-refractivity contribution in [2.45, 2.75) is 12.8 Å². The van der Waals surface area contributed by atoms with E-state index in [1.54, 1.807) is 12.1 Å². The molecule has 0 saturated carbocycles. The molecule has 0 spiro atoms. The molecular weight excluding hydrogens is 162 g/mol. The van der Waals surface area contributed by atoms with Crippen LogP contribution in [-0.4, -0.2) is 18.1 Å². The second-order valence-electron chi connectivity index (χ2n) is 3.11. The molecule has 0 aliphatic carbocycles. The summed E-state index contributed by atoms with van der Waals surface area (Å²) in [5.41, 5.74) is 0.754. The fraction of sp³-hybridized carbons (Fsp3) is 0.400. The predicted molar refractivity (Wildman–Crippen MR) is 51.8 cm³/mol. The summed E-state index contributed by atoms with van der Waals surface area (Å²) in [5.74, 6) is 0. The first-order valence-corrected chi connectivity index (χ1v) is 4.58. The molecule has 2 rings (SSSR count). The highest BCUT2D eigenvalue weighted by Crippen LogP contribution is 2.13. The van der Waals surface area contributed by atoms with Crippen molar-refractivity contribution in [3.05, 3.63) is 30.3 Å². The molecule has 1 fully saturated rings. The van der Waals surface area contributed by atoms with E-state index in [9.17, 15) is 0 Å². The first kappa shape index (κ1) is 7.06. The van der Waals surface area contributed by atoms with Crippen molar-refractivity contribution in [1.29, 1.82) is 0 Å². The lowest BCUT2D eigenvalue weighted by molar-refractivity contribution is 0.336. The summed E-state index contributed by atoms with van der Waals surface area (Å²) in [6.07, 6.45) is 2.41. The normalized spacial score (nSPS) is 18.2. The average Bonchev–Trinajstić information content (AvgIpc) is 2.67. The van der Waals surface area contributed by atoms with E-state index in [1.807, 2.05) is 17.1 Å². The van der Waals surface area contributed by atoms with Crippen molar-refractivity contribution >= 4 is 5.69 Å². The fourth-order valence-electron chi connectivity index (χ4n) is 1.35. The van der Waals surface area contributed by atoms with Gasteiger partial charge in [0.15, 0.2) is 0 Å². The van der Waals surface area contributed by atoms with Crippen LogP contribution >= 0.6 is 0 Å². The van der Waals surface area contributed by atoms with E-state index in [1.165, 1.54) is 12.8 Å². The standard InChI is InChI=1S/C10H13N3/c1-2-6-10(7-3-1)11-12-13-8-4-5-9-13/h1-3,6-7H,4-5,8-9H2/i2D. The third-order valence-electron chi connectivity index (χ3n) is 2.06. The molecule has 68 valence electrons. The smallest absolute Gasteiger partial charge is 0.0874 e. The Bertz CT molecular complexity index is 332. The number of hydrogen-bond donors (Lipinski definition) is 0. The zero-order valence-electron chi connectivity index (χ0n) is 8.48. The van der Waals surface area contributed by atoms with Crippen LogP contribution in [0.25, 0.3) is 0 Å². The van der Waals surface area contributed by atoms with Crippen molar-refractivity contribution < 1.29 is 1.37 Å². The second kappa shape index (κ2) is 4.03. The minimum Gasteiger partial charge on any atom is -0.278 e. The summed E-state index contributed by atoms with van der Waals surface area (Å²) in [7, 11) is 0. The summed E-state index contributed by atoms with van der Waals surface area (Å²) in [6, 6.07) is 7.59. The minimum atomic E-state index is 0.475. The van der Waals surface area contributed by atoms with E-state index < -0.39 is 0 Å². The Labute approximate surface area is 79.5 Å². The second-order valence-corrected chi connectivity index (χ2v) is 3.11. The molecule has 0 radical (unpaired) electrons. The van der Waals surface area contributed by atoms with Gasteiger partial charge in [0.1, 0.15) is 0 Å². The Morgan fingerprint density at radius 2 is 2.08 bits per heavy atom. The number of rotatable bonds is 2. The van der Waals surface area contributed by atoms with E-state index in [4.69, 9.17) is 1.37 Å². The van der Waals surface area contributed by atoms with Crippen LogP contribution in [0.15, 0.2) is 40.6 Å². The largest absolute Gasteiger partial charge is 0.278 e. The molecule has 1 aliphatic rings. The van der Waals surface area contributed by atoms with Gasteiger partial charge in [0, 0.05) is 13.1 Å². The Morgan fingerprint density at radius 1 is 1.23 bits per heavy atom. The lowest BCUT2D eigenvalue weighted by Gasteiger charge is -2.06. The maximum atomic E-state index is 7.41. The monoisotopic (exact) mass is 176 g/mol. The lowest BCUT2D eigenvalue weighted by atomic mass is 10.3. The van der Waals surface area contributed by atoms with Gasteiger partial charge in [-0.3, -0.25) is 5.01 Å². The summed E-state index contributed by atoms with van der Waals surface area (Å²) in [4.78, 5) is 0. The lowest BCUT2D eigenvalue weighted by Crippen LogP contribution is -2.09. The summed E-state index contributed by atoms with van der Waals surface area (Å²) < 4.78 is 7.41. The van der Waals surface area contributed by atoms with Gasteiger partial charge >= 0.3 is 0 Å². The highest BCUT2D eigenvalue weighted by Gasteiger charge is 2.07. The van der Waals surface area contributed by atoms with E-state index in [0.717, 1.165) is 18.8 Å². The number of nitrogens with zero attached hydrogens (tertiary/aromatic N) is 3. The summed E-state index contributed by atoms with van der Waals surface area (Å²) in [6.45, 7) is 2.01. The molecular formula is C10H13N3. The van der Waals surface area contributed by atoms with E-state index in [0.29, 0.717) is 6.04 Å². The van der Waals surface area contributed by atoms with E-state index >= 15 is 0 Å². The molecule has 3 nitrogen and oxygen atoms in total. The van der Waals surface area contributed by atoms with Gasteiger partial charge in [0.25, 0.3) is 0 Å². The zero-order valence-corrected chi connectivity index (χ0v) is 7.48. The van der Waals surface area contributed by atoms with Gasteiger partial charge in [-0.05, 0) is 25.0 Å². The van der Waals surface area contributed by atoms with Crippen LogP contribution in [0.1, 0.15) is 14.2 Å². The molecule has 0 unspecified atom stereocenters. The van der Waals surface area contributed by atoms with Crippen molar-refractivity contribution in [2.75, 3.05) is 13.1 Å². The quantitative estimate of drug-likeness (QED) is 0.637. The molecule has 1 saturated heterocycles. The van der Waals surface area contributed by atoms with Crippen molar-refractivity contribution in [2.24, 2.45) is 10.3 Å². The highest BCUT2D eigenvalue weighted by molar-refractivity contribution is 5.34. The molecule has 1 heterocycles. The Kier molecular flexibility index (Phi) is 2.19. The van der Waals surface area contributed by atoms with Crippen LogP contribution in [-0.2, 0) is 0 Å². The topological polar surface area (TPSA) is 28.0 Å². The molecule has 1 aromatic carbocycles. The van der Waals surface area contributed by atoms with Crippen molar-refractivity contribution in [1.82, 2.24) is 5.01 Å². The minimum absolute atomic E-state index is 0.475. The molecule has 3 heteroatoms. The molecule has 1 aromatic rings. The zero-order chi connectivity index (χ0) is 9.80. The predicted octanol–water partition coefficient (Wildman–Crippen LogP) is 2.78. The summed E-state index contributed by atoms with van der Waals surface area (Å²) in [5, 5.41) is 10.2. The molecule has 1 aliphatic heterocycles. The maximum Gasteiger partial charge on any atom is 0.0874 e. The van der Waals surface area contributed by atoms with Gasteiger partial charge in [-0.1, -0.05) is 23.4 Å². The van der Waals surface area contributed by atoms with Gasteiger partial charge in [-0.2, -0.15) is 0 Å². The van der Waals surface area contributed by atoms with Crippen LogP contribution in [0.2, 0.25) is 0 Å². The Morgan fingerprint density at radius 3 is 2.85 bits per heavy atom. The maximum absolute atomic E-state index is 7.41. The third-order valence-corrected chi connectivity index (χ3v) is 2.06. The van der Waals surface area contributed by atoms with Gasteiger partial charge in [0.2, 0.25) is 0 Å². The van der Waals surface area contributed by atoms with Crippen LogP contribution in [0.5, 0.6) is 0 Å². The average molecular weight is 176 g/mol. The van der Waals surface area contributed by atoms with Crippen molar-refractivity contribution in [3.8, 4) is 0 Å². The molecule has 0 atom stereocenters. The van der Waals surface area contributed by atoms with Crippen LogP contribution in [0.4, 0.5) is 5.69 Å². The van der Waals surface area contributed by atoms with Crippen LogP contribution in [0, 0.1) is 0 Å². The van der Waals surface area contributed by atoms with Gasteiger partial charge in [0.05, 0.1) is 7.06 Å². The number of benzene rings is 1. The third kappa shape index (κ3) is 2.28. The Hall–Kier alpha value is -1.38. The Balaban J connectivity index is 2.02. The number of hydrogen-bond acceptors (Lipinski definition) is 2. The van der Waals surface area contributed by atoms with Crippen molar-refractivity contribution in [3.63, 3.8) is 0 Å². The van der Waals surface area contributed by atoms with Crippen LogP contribution in [0.3, 0.4) is 0 Å². The van der Waals surface area contributed by atoms with Gasteiger partial charge < -0.3 is 0 Å². The highest BCUT2D eigenvalue weighted by atomic mass is 15.5. The molecule has 0 amide bonds. The van der Waals surface area contributed by atoms with Gasteiger partial charge in [-0.25, -0.2) is 0 Å². The summed E-state index contributed by atoms with van der Waals surface area (Å²) >= 11 is 0.